The van der Waals surface area contributed by atoms with Gasteiger partial charge in [-0.2, -0.15) is 0 Å². The Labute approximate surface area is 249 Å². The van der Waals surface area contributed by atoms with E-state index < -0.39 is 30.3 Å². The third-order valence-corrected chi connectivity index (χ3v) is 8.08. The molecule has 7 atom stereocenters. The number of esters is 1. The molecule has 8 heteroatoms. The highest BCUT2D eigenvalue weighted by Crippen LogP contribution is 2.22. The topological polar surface area (TPSA) is 125 Å². The molecule has 0 aliphatic carbocycles. The molecular weight excluding hydrogens is 522 g/mol. The Morgan fingerprint density at radius 3 is 2.34 bits per heavy atom. The molecular formula is C33H59NO7. The lowest BCUT2D eigenvalue weighted by atomic mass is 9.92. The number of carbonyl (C=O) groups is 2. The third-order valence-electron chi connectivity index (χ3n) is 8.08. The lowest BCUT2D eigenvalue weighted by molar-refractivity contribution is -0.160. The fourth-order valence-corrected chi connectivity index (χ4v) is 5.38. The van der Waals surface area contributed by atoms with Gasteiger partial charge in [0.1, 0.15) is 0 Å². The summed E-state index contributed by atoms with van der Waals surface area (Å²) in [6.07, 6.45) is 12.8. The van der Waals surface area contributed by atoms with Crippen molar-refractivity contribution < 1.29 is 34.4 Å². The smallest absolute Gasteiger partial charge is 0.309 e. The molecule has 0 aromatic heterocycles. The van der Waals surface area contributed by atoms with Crippen molar-refractivity contribution >= 4 is 11.9 Å². The van der Waals surface area contributed by atoms with Gasteiger partial charge in [-0.25, -0.2) is 0 Å². The maximum absolute atomic E-state index is 12.8. The highest BCUT2D eigenvalue weighted by Gasteiger charge is 2.27. The summed E-state index contributed by atoms with van der Waals surface area (Å²) in [6.45, 7) is 8.50. The number of aliphatic hydroxyl groups excluding tert-OH is 3. The Morgan fingerprint density at radius 2 is 1.68 bits per heavy atom. The summed E-state index contributed by atoms with van der Waals surface area (Å²) in [6, 6.07) is 0. The number of ether oxygens (including phenoxy) is 2. The summed E-state index contributed by atoms with van der Waals surface area (Å²) < 4.78 is 10.9. The van der Waals surface area contributed by atoms with Crippen LogP contribution < -0.4 is 5.32 Å². The molecule has 0 aromatic carbocycles. The molecule has 8 nitrogen and oxygen atoms in total. The second-order valence-electron chi connectivity index (χ2n) is 12.1. The first-order valence-electron chi connectivity index (χ1n) is 16.0. The van der Waals surface area contributed by atoms with E-state index in [1.54, 1.807) is 7.11 Å². The van der Waals surface area contributed by atoms with E-state index in [1.807, 2.05) is 19.9 Å². The molecule has 0 radical (unpaired) electrons. The lowest BCUT2D eigenvalue weighted by Gasteiger charge is -2.23. The minimum Gasteiger partial charge on any atom is -0.452 e. The average Bonchev–Trinajstić information content (AvgIpc) is 2.94. The van der Waals surface area contributed by atoms with Crippen LogP contribution in [0.4, 0.5) is 0 Å². The molecule has 0 spiro atoms. The first kappa shape index (κ1) is 37.3. The van der Waals surface area contributed by atoms with E-state index in [4.69, 9.17) is 9.47 Å². The van der Waals surface area contributed by atoms with Crippen LogP contribution in [0.15, 0.2) is 23.8 Å². The van der Waals surface area contributed by atoms with Crippen LogP contribution in [-0.4, -0.2) is 71.9 Å². The number of β-amino-alcohol motifs (C(OH)–C–C–N with tert-alkyl or cyclic N) is 1. The van der Waals surface area contributed by atoms with Gasteiger partial charge >= 0.3 is 5.97 Å². The Hall–Kier alpha value is -1.74. The van der Waals surface area contributed by atoms with Gasteiger partial charge < -0.3 is 30.1 Å². The van der Waals surface area contributed by atoms with Gasteiger partial charge in [0, 0.05) is 20.1 Å². The predicted octanol–water partition coefficient (Wildman–Crippen LogP) is 5.24. The van der Waals surface area contributed by atoms with Gasteiger partial charge in [-0.3, -0.25) is 9.59 Å². The molecule has 1 amide bonds. The van der Waals surface area contributed by atoms with Gasteiger partial charge in [-0.1, -0.05) is 84.4 Å². The van der Waals surface area contributed by atoms with Crippen LogP contribution in [-0.2, 0) is 19.1 Å². The van der Waals surface area contributed by atoms with E-state index in [-0.39, 0.29) is 24.9 Å². The van der Waals surface area contributed by atoms with Crippen molar-refractivity contribution in [2.24, 2.45) is 17.8 Å². The van der Waals surface area contributed by atoms with Crippen LogP contribution in [0.2, 0.25) is 0 Å². The van der Waals surface area contributed by atoms with Gasteiger partial charge in [-0.05, 0) is 55.9 Å². The van der Waals surface area contributed by atoms with Crippen molar-refractivity contribution in [2.45, 2.75) is 136 Å². The Kier molecular flexibility index (Phi) is 19.9. The van der Waals surface area contributed by atoms with Crippen molar-refractivity contribution in [1.29, 1.82) is 0 Å². The SMILES string of the molecule is CCC[C@@H]1OC(=O)[C@@H](C)C[C@H](C)CCCCCC[C@@H](CC)/C=C/C=C(\COC)CC[C@@H](O)[C@@H](O)C[C@H](O)CNC1=O. The standard InChI is InChI=1S/C33H59NO7/c1-6-13-31-32(38)34-22-28(35)21-30(37)29(36)19-18-27(23-40-5)17-12-16-26(7-2)15-11-9-8-10-14-24(3)20-25(4)33(39)41-31/h12,16-17,24-26,28-31,35-37H,6-11,13-15,18-23H2,1-5H3,(H,34,38)/b16-12+,27-17-/t24-,25+,26-,28+,29-,30+,31+/m1/s1. The molecule has 0 fully saturated rings. The lowest BCUT2D eigenvalue weighted by Crippen LogP contribution is -2.43. The van der Waals surface area contributed by atoms with Gasteiger partial charge in [0.2, 0.25) is 0 Å². The van der Waals surface area contributed by atoms with E-state index in [1.165, 1.54) is 19.3 Å². The Balaban J connectivity index is 2.94. The van der Waals surface area contributed by atoms with E-state index in [2.05, 4.69) is 31.3 Å². The highest BCUT2D eigenvalue weighted by molar-refractivity contribution is 5.84. The molecule has 41 heavy (non-hydrogen) atoms. The van der Waals surface area contributed by atoms with E-state index in [0.717, 1.165) is 37.7 Å². The van der Waals surface area contributed by atoms with E-state index in [9.17, 15) is 24.9 Å². The van der Waals surface area contributed by atoms with Crippen molar-refractivity contribution in [3.63, 3.8) is 0 Å². The summed E-state index contributed by atoms with van der Waals surface area (Å²) in [5.41, 5.74) is 1.03. The minimum atomic E-state index is -1.14. The number of amides is 1. The van der Waals surface area contributed by atoms with Crippen LogP contribution in [0.1, 0.15) is 111 Å². The first-order valence-corrected chi connectivity index (χ1v) is 16.0. The van der Waals surface area contributed by atoms with Crippen molar-refractivity contribution in [2.75, 3.05) is 20.3 Å². The molecule has 4 N–H and O–H groups in total. The van der Waals surface area contributed by atoms with E-state index >= 15 is 0 Å². The molecule has 1 heterocycles. The monoisotopic (exact) mass is 581 g/mol. The maximum Gasteiger partial charge on any atom is 0.309 e. The zero-order valence-electron chi connectivity index (χ0n) is 26.4. The van der Waals surface area contributed by atoms with E-state index in [0.29, 0.717) is 44.1 Å². The summed E-state index contributed by atoms with van der Waals surface area (Å²) in [5.74, 6) is -0.208. The van der Waals surface area contributed by atoms with Crippen molar-refractivity contribution in [1.82, 2.24) is 5.32 Å². The summed E-state index contributed by atoms with van der Waals surface area (Å²) in [5, 5.41) is 34.1. The van der Waals surface area contributed by atoms with Gasteiger partial charge in [-0.15, -0.1) is 0 Å². The number of rotatable bonds is 5. The number of hydrogen-bond donors (Lipinski definition) is 4. The number of carbonyl (C=O) groups excluding carboxylic acids is 2. The zero-order valence-corrected chi connectivity index (χ0v) is 26.4. The third kappa shape index (κ3) is 16.5. The van der Waals surface area contributed by atoms with Crippen LogP contribution in [0.3, 0.4) is 0 Å². The fraction of sp³-hybridized carbons (Fsp3) is 0.818. The normalized spacial score (nSPS) is 33.7. The molecule has 0 aromatic rings. The van der Waals surface area contributed by atoms with Gasteiger partial charge in [0.05, 0.1) is 30.8 Å². The summed E-state index contributed by atoms with van der Waals surface area (Å²) >= 11 is 0. The Bertz CT molecular complexity index is 784. The number of cyclic esters (lactones) is 1. The van der Waals surface area contributed by atoms with Gasteiger partial charge in [0.25, 0.3) is 5.91 Å². The fourth-order valence-electron chi connectivity index (χ4n) is 5.38. The van der Waals surface area contributed by atoms with Crippen molar-refractivity contribution in [3.8, 4) is 0 Å². The summed E-state index contributed by atoms with van der Waals surface area (Å²) in [4.78, 5) is 25.6. The zero-order chi connectivity index (χ0) is 30.6. The average molecular weight is 582 g/mol. The second kappa shape index (κ2) is 21.9. The van der Waals surface area contributed by atoms with Crippen LogP contribution in [0, 0.1) is 17.8 Å². The molecule has 1 aliphatic heterocycles. The predicted molar refractivity (Wildman–Crippen MR) is 163 cm³/mol. The molecule has 0 unspecified atom stereocenters. The molecule has 1 aliphatic rings. The molecule has 0 saturated heterocycles. The minimum absolute atomic E-state index is 0.0873. The molecule has 0 saturated carbocycles. The largest absolute Gasteiger partial charge is 0.452 e. The quantitative estimate of drug-likeness (QED) is 0.327. The molecule has 1 rings (SSSR count). The summed E-state index contributed by atoms with van der Waals surface area (Å²) in [7, 11) is 1.64. The van der Waals surface area contributed by atoms with Gasteiger partial charge in [0.15, 0.2) is 6.10 Å². The van der Waals surface area contributed by atoms with Crippen LogP contribution in [0.5, 0.6) is 0 Å². The second-order valence-corrected chi connectivity index (χ2v) is 12.1. The number of hydrogen-bond acceptors (Lipinski definition) is 7. The number of methoxy groups -OCH3 is 1. The van der Waals surface area contributed by atoms with Crippen LogP contribution in [0.25, 0.3) is 0 Å². The highest BCUT2D eigenvalue weighted by atomic mass is 16.5. The molecule has 238 valence electrons. The number of allylic oxidation sites excluding steroid dienone is 3. The number of aliphatic hydroxyl groups is 3. The first-order chi connectivity index (χ1) is 19.6. The van der Waals surface area contributed by atoms with Crippen molar-refractivity contribution in [3.05, 3.63) is 23.8 Å². The van der Waals surface area contributed by atoms with Crippen LogP contribution >= 0.6 is 0 Å². The molecule has 0 bridgehead atoms. The maximum atomic E-state index is 12.8. The number of nitrogens with one attached hydrogen (secondary N) is 1. The Morgan fingerprint density at radius 1 is 0.976 bits per heavy atom.